The van der Waals surface area contributed by atoms with Gasteiger partial charge in [0.05, 0.1) is 0 Å². The summed E-state index contributed by atoms with van der Waals surface area (Å²) < 4.78 is 5.13. The Morgan fingerprint density at radius 3 is 3.06 bits per heavy atom. The first kappa shape index (κ1) is 13.0. The normalized spacial score (nSPS) is 9.41. The van der Waals surface area contributed by atoms with E-state index in [1.165, 1.54) is 0 Å². The third-order valence-corrected chi connectivity index (χ3v) is 2.02. The average Bonchev–Trinajstić information content (AvgIpc) is 2.34. The molecule has 5 nitrogen and oxygen atoms in total. The third kappa shape index (κ3) is 5.00. The highest BCUT2D eigenvalue weighted by Crippen LogP contribution is 2.17. The van der Waals surface area contributed by atoms with Gasteiger partial charge in [-0.05, 0) is 19.2 Å². The minimum Gasteiger partial charge on any atom is -0.479 e. The minimum atomic E-state index is -0.0585. The predicted octanol–water partition coefficient (Wildman–Crippen LogP) is 1.14. The lowest BCUT2D eigenvalue weighted by molar-refractivity contribution is -0.116. The molecule has 5 heteroatoms. The van der Waals surface area contributed by atoms with Crippen LogP contribution in [0.1, 0.15) is 6.42 Å². The van der Waals surface area contributed by atoms with Crippen LogP contribution in [0.4, 0.5) is 5.69 Å². The number of rotatable bonds is 6. The Labute approximate surface area is 100 Å². The maximum absolute atomic E-state index is 11.5. The van der Waals surface area contributed by atoms with E-state index in [1.54, 1.807) is 31.3 Å². The molecule has 2 N–H and O–H groups in total. The van der Waals surface area contributed by atoms with Gasteiger partial charge in [0.25, 0.3) is 0 Å². The Morgan fingerprint density at radius 2 is 2.35 bits per heavy atom. The number of benzene rings is 1. The Bertz CT molecular complexity index is 412. The fourth-order valence-corrected chi connectivity index (χ4v) is 1.24. The van der Waals surface area contributed by atoms with Crippen LogP contribution in [0, 0.1) is 11.3 Å². The van der Waals surface area contributed by atoms with Gasteiger partial charge in [0.1, 0.15) is 11.8 Å². The smallest absolute Gasteiger partial charge is 0.225 e. The van der Waals surface area contributed by atoms with Crippen LogP contribution >= 0.6 is 0 Å². The number of hydrogen-bond acceptors (Lipinski definition) is 4. The van der Waals surface area contributed by atoms with Crippen molar-refractivity contribution in [2.45, 2.75) is 6.42 Å². The van der Waals surface area contributed by atoms with E-state index in [0.29, 0.717) is 24.4 Å². The summed E-state index contributed by atoms with van der Waals surface area (Å²) in [6.07, 6.45) is 0.416. The van der Waals surface area contributed by atoms with E-state index < -0.39 is 0 Å². The van der Waals surface area contributed by atoms with Crippen molar-refractivity contribution in [1.82, 2.24) is 5.32 Å². The number of hydrogen-bond donors (Lipinski definition) is 2. The van der Waals surface area contributed by atoms with E-state index in [-0.39, 0.29) is 12.5 Å². The van der Waals surface area contributed by atoms with E-state index in [9.17, 15) is 4.79 Å². The zero-order valence-corrected chi connectivity index (χ0v) is 9.69. The zero-order chi connectivity index (χ0) is 12.5. The van der Waals surface area contributed by atoms with Crippen LogP contribution in [-0.2, 0) is 4.79 Å². The molecule has 0 radical (unpaired) electrons. The number of ether oxygens (including phenoxy) is 1. The lowest BCUT2D eigenvalue weighted by Gasteiger charge is -2.07. The number of anilines is 1. The topological polar surface area (TPSA) is 74.2 Å². The van der Waals surface area contributed by atoms with Crippen molar-refractivity contribution in [2.24, 2.45) is 0 Å². The van der Waals surface area contributed by atoms with Gasteiger partial charge in [0, 0.05) is 24.7 Å². The van der Waals surface area contributed by atoms with Crippen molar-refractivity contribution in [1.29, 1.82) is 5.26 Å². The molecule has 1 aromatic carbocycles. The Morgan fingerprint density at radius 1 is 1.53 bits per heavy atom. The first-order valence-corrected chi connectivity index (χ1v) is 5.30. The molecule has 1 amide bonds. The Hall–Kier alpha value is -2.06. The fraction of sp³-hybridized carbons (Fsp3) is 0.333. The number of amides is 1. The van der Waals surface area contributed by atoms with Gasteiger partial charge in [-0.15, -0.1) is 0 Å². The van der Waals surface area contributed by atoms with Crippen molar-refractivity contribution < 1.29 is 9.53 Å². The zero-order valence-electron chi connectivity index (χ0n) is 9.69. The summed E-state index contributed by atoms with van der Waals surface area (Å²) in [6.45, 7) is 0.633. The second kappa shape index (κ2) is 7.25. The van der Waals surface area contributed by atoms with E-state index in [2.05, 4.69) is 10.6 Å². The highest BCUT2D eigenvalue weighted by molar-refractivity contribution is 5.90. The number of carbonyl (C=O) groups excluding carboxylic acids is 1. The van der Waals surface area contributed by atoms with Crippen LogP contribution in [0.2, 0.25) is 0 Å². The van der Waals surface area contributed by atoms with Gasteiger partial charge in [-0.2, -0.15) is 5.26 Å². The molecule has 0 saturated heterocycles. The van der Waals surface area contributed by atoms with E-state index in [4.69, 9.17) is 10.00 Å². The summed E-state index contributed by atoms with van der Waals surface area (Å²) in [7, 11) is 1.80. The predicted molar refractivity (Wildman–Crippen MR) is 64.7 cm³/mol. The molecule has 0 saturated carbocycles. The summed E-state index contributed by atoms with van der Waals surface area (Å²) in [5.74, 6) is 0.509. The third-order valence-electron chi connectivity index (χ3n) is 2.02. The van der Waals surface area contributed by atoms with Crippen molar-refractivity contribution >= 4 is 11.6 Å². The molecule has 0 unspecified atom stereocenters. The summed E-state index contributed by atoms with van der Waals surface area (Å²) in [5, 5.41) is 14.0. The number of nitrogens with zero attached hydrogens (tertiary/aromatic N) is 1. The van der Waals surface area contributed by atoms with Crippen LogP contribution in [-0.4, -0.2) is 26.1 Å². The number of nitrogens with one attached hydrogen (secondary N) is 2. The molecule has 0 aliphatic heterocycles. The molecule has 1 rings (SSSR count). The summed E-state index contributed by atoms with van der Waals surface area (Å²) in [6, 6.07) is 8.85. The van der Waals surface area contributed by atoms with Crippen molar-refractivity contribution in [3.63, 3.8) is 0 Å². The lowest BCUT2D eigenvalue weighted by Crippen LogP contribution is -2.18. The van der Waals surface area contributed by atoms with Gasteiger partial charge >= 0.3 is 0 Å². The first-order chi connectivity index (χ1) is 8.26. The lowest BCUT2D eigenvalue weighted by atomic mass is 10.3. The van der Waals surface area contributed by atoms with Gasteiger partial charge in [0.15, 0.2) is 6.61 Å². The highest BCUT2D eigenvalue weighted by Gasteiger charge is 2.02. The molecule has 0 aliphatic rings. The fourth-order valence-electron chi connectivity index (χ4n) is 1.24. The van der Waals surface area contributed by atoms with Gasteiger partial charge < -0.3 is 15.4 Å². The molecule has 0 heterocycles. The van der Waals surface area contributed by atoms with E-state index >= 15 is 0 Å². The van der Waals surface area contributed by atoms with E-state index in [1.807, 2.05) is 6.07 Å². The van der Waals surface area contributed by atoms with Crippen LogP contribution in [0.25, 0.3) is 0 Å². The molecule has 1 aromatic rings. The minimum absolute atomic E-state index is 0.00282. The molecule has 17 heavy (non-hydrogen) atoms. The quantitative estimate of drug-likeness (QED) is 0.772. The molecule has 0 spiro atoms. The maximum atomic E-state index is 11.5. The average molecular weight is 233 g/mol. The molecule has 0 bridgehead atoms. The standard InChI is InChI=1S/C12H15N3O2/c1-14-7-5-12(16)15-10-3-2-4-11(9-10)17-8-6-13/h2-4,9,14H,5,7-8H2,1H3,(H,15,16). The van der Waals surface area contributed by atoms with Crippen LogP contribution in [0.3, 0.4) is 0 Å². The second-order valence-corrected chi connectivity index (χ2v) is 3.38. The molecule has 0 atom stereocenters. The Kier molecular flexibility index (Phi) is 5.55. The highest BCUT2D eigenvalue weighted by atomic mass is 16.5. The molecule has 90 valence electrons. The molecule has 0 aromatic heterocycles. The van der Waals surface area contributed by atoms with Crippen molar-refractivity contribution in [2.75, 3.05) is 25.5 Å². The van der Waals surface area contributed by atoms with Crippen molar-refractivity contribution in [3.8, 4) is 11.8 Å². The largest absolute Gasteiger partial charge is 0.479 e. The van der Waals surface area contributed by atoms with Crippen LogP contribution < -0.4 is 15.4 Å². The molecular weight excluding hydrogens is 218 g/mol. The summed E-state index contributed by atoms with van der Waals surface area (Å²) >= 11 is 0. The SMILES string of the molecule is CNCCC(=O)Nc1cccc(OCC#N)c1. The van der Waals surface area contributed by atoms with Gasteiger partial charge in [-0.1, -0.05) is 6.07 Å². The number of nitriles is 1. The molecule has 0 aliphatic carbocycles. The molecule has 0 fully saturated rings. The van der Waals surface area contributed by atoms with Crippen LogP contribution in [0.5, 0.6) is 5.75 Å². The summed E-state index contributed by atoms with van der Waals surface area (Å²) in [5.41, 5.74) is 0.668. The molecular formula is C12H15N3O2. The second-order valence-electron chi connectivity index (χ2n) is 3.38. The van der Waals surface area contributed by atoms with Gasteiger partial charge in [0.2, 0.25) is 5.91 Å². The monoisotopic (exact) mass is 233 g/mol. The first-order valence-electron chi connectivity index (χ1n) is 5.30. The van der Waals surface area contributed by atoms with Gasteiger partial charge in [-0.25, -0.2) is 0 Å². The maximum Gasteiger partial charge on any atom is 0.225 e. The van der Waals surface area contributed by atoms with E-state index in [0.717, 1.165) is 0 Å². The summed E-state index contributed by atoms with van der Waals surface area (Å²) in [4.78, 5) is 11.5. The Balaban J connectivity index is 2.53. The van der Waals surface area contributed by atoms with Crippen LogP contribution in [0.15, 0.2) is 24.3 Å². The van der Waals surface area contributed by atoms with Crippen molar-refractivity contribution in [3.05, 3.63) is 24.3 Å². The van der Waals surface area contributed by atoms with Gasteiger partial charge in [-0.3, -0.25) is 4.79 Å². The number of carbonyl (C=O) groups is 1.